The number of hydrogen-bond acceptors (Lipinski definition) is 4. The molecule has 2 aromatic heterocycles. The van der Waals surface area contributed by atoms with E-state index in [9.17, 15) is 4.79 Å². The zero-order valence-corrected chi connectivity index (χ0v) is 14.6. The molecule has 0 radical (unpaired) electrons. The predicted octanol–water partition coefficient (Wildman–Crippen LogP) is 3.48. The van der Waals surface area contributed by atoms with Gasteiger partial charge in [-0.05, 0) is 33.1 Å². The number of urea groups is 1. The largest absolute Gasteiger partial charge is 0.329 e. The standard InChI is InChI=1S/C16H23N5OS/c1-4-12(15-17-7-9-23-15)18-16(22)21-8-5-6-13(21)14-10(2)19-20-11(14)3/h7,9,12-13H,4-6,8H2,1-3H3,(H,18,22)(H,19,20)/t12-,13+/m1/s1. The number of rotatable bonds is 4. The summed E-state index contributed by atoms with van der Waals surface area (Å²) in [6.45, 7) is 6.87. The van der Waals surface area contributed by atoms with Crippen LogP contribution in [0.5, 0.6) is 0 Å². The highest BCUT2D eigenvalue weighted by Gasteiger charge is 2.33. The van der Waals surface area contributed by atoms with Crippen LogP contribution in [-0.2, 0) is 0 Å². The van der Waals surface area contributed by atoms with E-state index >= 15 is 0 Å². The number of nitrogens with zero attached hydrogens (tertiary/aromatic N) is 3. The van der Waals surface area contributed by atoms with E-state index in [-0.39, 0.29) is 18.1 Å². The third-order valence-corrected chi connectivity index (χ3v) is 5.38. The highest BCUT2D eigenvalue weighted by Crippen LogP contribution is 2.35. The first-order chi connectivity index (χ1) is 11.1. The summed E-state index contributed by atoms with van der Waals surface area (Å²) in [6, 6.07) is 0.0902. The van der Waals surface area contributed by atoms with Crippen LogP contribution < -0.4 is 5.32 Å². The van der Waals surface area contributed by atoms with Crippen molar-refractivity contribution in [3.05, 3.63) is 33.5 Å². The lowest BCUT2D eigenvalue weighted by molar-refractivity contribution is 0.188. The van der Waals surface area contributed by atoms with Crippen LogP contribution in [0.15, 0.2) is 11.6 Å². The van der Waals surface area contributed by atoms with Gasteiger partial charge in [0.05, 0.1) is 17.8 Å². The van der Waals surface area contributed by atoms with Crippen LogP contribution >= 0.6 is 11.3 Å². The monoisotopic (exact) mass is 333 g/mol. The molecule has 0 unspecified atom stereocenters. The number of thiazole rings is 1. The molecule has 6 nitrogen and oxygen atoms in total. The van der Waals surface area contributed by atoms with E-state index in [4.69, 9.17) is 0 Å². The summed E-state index contributed by atoms with van der Waals surface area (Å²) in [5.41, 5.74) is 3.21. The van der Waals surface area contributed by atoms with Crippen LogP contribution in [0.25, 0.3) is 0 Å². The summed E-state index contributed by atoms with van der Waals surface area (Å²) in [4.78, 5) is 19.1. The van der Waals surface area contributed by atoms with E-state index in [1.807, 2.05) is 24.1 Å². The van der Waals surface area contributed by atoms with Gasteiger partial charge >= 0.3 is 6.03 Å². The Bertz CT molecular complexity index is 647. The van der Waals surface area contributed by atoms with Crippen molar-refractivity contribution >= 4 is 17.4 Å². The van der Waals surface area contributed by atoms with E-state index in [1.165, 1.54) is 5.56 Å². The topological polar surface area (TPSA) is 73.9 Å². The Balaban J connectivity index is 1.76. The average molecular weight is 333 g/mol. The van der Waals surface area contributed by atoms with Crippen LogP contribution in [0.1, 0.15) is 60.2 Å². The highest BCUT2D eigenvalue weighted by atomic mass is 32.1. The molecule has 7 heteroatoms. The maximum absolute atomic E-state index is 12.8. The second-order valence-corrected chi connectivity index (χ2v) is 6.91. The van der Waals surface area contributed by atoms with Crippen molar-refractivity contribution in [2.75, 3.05) is 6.54 Å². The molecular formula is C16H23N5OS. The number of likely N-dealkylation sites (tertiary alicyclic amines) is 1. The minimum absolute atomic E-state index is 0.00505. The lowest BCUT2D eigenvalue weighted by Gasteiger charge is -2.27. The summed E-state index contributed by atoms with van der Waals surface area (Å²) in [5, 5.41) is 13.4. The van der Waals surface area contributed by atoms with Gasteiger partial charge in [0.25, 0.3) is 0 Å². The molecular weight excluding hydrogens is 310 g/mol. The number of hydrogen-bond donors (Lipinski definition) is 2. The van der Waals surface area contributed by atoms with Gasteiger partial charge in [-0.15, -0.1) is 11.3 Å². The molecule has 1 aliphatic heterocycles. The molecule has 2 N–H and O–H groups in total. The van der Waals surface area contributed by atoms with E-state index in [0.717, 1.165) is 42.2 Å². The zero-order valence-electron chi connectivity index (χ0n) is 13.8. The molecule has 23 heavy (non-hydrogen) atoms. The summed E-state index contributed by atoms with van der Waals surface area (Å²) in [6.07, 6.45) is 4.63. The van der Waals surface area contributed by atoms with Crippen molar-refractivity contribution in [2.45, 2.75) is 52.1 Å². The molecule has 1 saturated heterocycles. The summed E-state index contributed by atoms with van der Waals surface area (Å²) < 4.78 is 0. The first-order valence-corrected chi connectivity index (χ1v) is 8.97. The van der Waals surface area contributed by atoms with Gasteiger partial charge in [0.1, 0.15) is 5.01 Å². The average Bonchev–Trinajstić information content (AvgIpc) is 3.26. The minimum Gasteiger partial charge on any atom is -0.329 e. The second kappa shape index (κ2) is 6.70. The Morgan fingerprint density at radius 2 is 2.39 bits per heavy atom. The molecule has 0 saturated carbocycles. The van der Waals surface area contributed by atoms with Crippen LogP contribution in [0.3, 0.4) is 0 Å². The quantitative estimate of drug-likeness (QED) is 0.899. The molecule has 1 fully saturated rings. The van der Waals surface area contributed by atoms with Gasteiger partial charge in [-0.2, -0.15) is 5.10 Å². The van der Waals surface area contributed by atoms with Gasteiger partial charge in [0, 0.05) is 29.4 Å². The fourth-order valence-electron chi connectivity index (χ4n) is 3.34. The molecule has 0 bridgehead atoms. The first kappa shape index (κ1) is 16.0. The molecule has 3 rings (SSSR count). The van der Waals surface area contributed by atoms with Crippen LogP contribution in [0.4, 0.5) is 4.79 Å². The summed E-state index contributed by atoms with van der Waals surface area (Å²) in [5.74, 6) is 0. The first-order valence-electron chi connectivity index (χ1n) is 8.09. The number of aryl methyl sites for hydroxylation is 2. The molecule has 2 atom stereocenters. The van der Waals surface area contributed by atoms with E-state index < -0.39 is 0 Å². The smallest absolute Gasteiger partial charge is 0.318 e. The summed E-state index contributed by atoms with van der Waals surface area (Å²) in [7, 11) is 0. The van der Waals surface area contributed by atoms with Crippen molar-refractivity contribution in [3.63, 3.8) is 0 Å². The minimum atomic E-state index is -0.0182. The molecule has 124 valence electrons. The van der Waals surface area contributed by atoms with E-state index in [1.54, 1.807) is 17.5 Å². The van der Waals surface area contributed by atoms with Gasteiger partial charge in [0.15, 0.2) is 0 Å². The van der Waals surface area contributed by atoms with Gasteiger partial charge in [-0.3, -0.25) is 5.10 Å². The maximum atomic E-state index is 12.8. The fraction of sp³-hybridized carbons (Fsp3) is 0.562. The molecule has 0 aromatic carbocycles. The maximum Gasteiger partial charge on any atom is 0.318 e. The Morgan fingerprint density at radius 3 is 3.00 bits per heavy atom. The normalized spacial score (nSPS) is 19.1. The Kier molecular flexibility index (Phi) is 4.66. The van der Waals surface area contributed by atoms with Crippen LogP contribution in [0, 0.1) is 13.8 Å². The number of carbonyl (C=O) groups is 1. The Morgan fingerprint density at radius 1 is 1.57 bits per heavy atom. The predicted molar refractivity (Wildman–Crippen MR) is 90.4 cm³/mol. The molecule has 2 amide bonds. The molecule has 3 heterocycles. The highest BCUT2D eigenvalue weighted by molar-refractivity contribution is 7.09. The van der Waals surface area contributed by atoms with Crippen molar-refractivity contribution in [3.8, 4) is 0 Å². The van der Waals surface area contributed by atoms with Crippen molar-refractivity contribution in [2.24, 2.45) is 0 Å². The van der Waals surface area contributed by atoms with Gasteiger partial charge < -0.3 is 10.2 Å². The van der Waals surface area contributed by atoms with E-state index in [2.05, 4.69) is 27.4 Å². The Hall–Kier alpha value is -1.89. The molecule has 0 aliphatic carbocycles. The van der Waals surface area contributed by atoms with Gasteiger partial charge in [0.2, 0.25) is 0 Å². The van der Waals surface area contributed by atoms with Gasteiger partial charge in [-0.1, -0.05) is 6.92 Å². The summed E-state index contributed by atoms with van der Waals surface area (Å²) >= 11 is 1.58. The molecule has 1 aliphatic rings. The number of nitrogens with one attached hydrogen (secondary N) is 2. The number of H-pyrrole nitrogens is 1. The third-order valence-electron chi connectivity index (χ3n) is 4.49. The number of aromatic nitrogens is 3. The van der Waals surface area contributed by atoms with Crippen LogP contribution in [-0.4, -0.2) is 32.7 Å². The van der Waals surface area contributed by atoms with E-state index in [0.29, 0.717) is 0 Å². The van der Waals surface area contributed by atoms with Crippen LogP contribution in [0.2, 0.25) is 0 Å². The second-order valence-electron chi connectivity index (χ2n) is 5.98. The Labute approximate surface area is 140 Å². The van der Waals surface area contributed by atoms with Crippen molar-refractivity contribution < 1.29 is 4.79 Å². The molecule has 2 aromatic rings. The third kappa shape index (κ3) is 3.10. The van der Waals surface area contributed by atoms with Gasteiger partial charge in [-0.25, -0.2) is 9.78 Å². The SMILES string of the molecule is CC[C@@H](NC(=O)N1CCC[C@H]1c1c(C)n[nH]c1C)c1nccs1. The lowest BCUT2D eigenvalue weighted by atomic mass is 10.0. The number of aromatic amines is 1. The molecule has 0 spiro atoms. The van der Waals surface area contributed by atoms with Crippen molar-refractivity contribution in [1.29, 1.82) is 0 Å². The fourth-order valence-corrected chi connectivity index (χ4v) is 4.11. The number of carbonyl (C=O) groups excluding carboxylic acids is 1. The zero-order chi connectivity index (χ0) is 16.4. The number of amides is 2. The van der Waals surface area contributed by atoms with Crippen molar-refractivity contribution in [1.82, 2.24) is 25.4 Å². The lowest BCUT2D eigenvalue weighted by Crippen LogP contribution is -2.41.